The van der Waals surface area contributed by atoms with Gasteiger partial charge in [0, 0.05) is 0 Å². The summed E-state index contributed by atoms with van der Waals surface area (Å²) in [5.41, 5.74) is 3.14. The first-order chi connectivity index (χ1) is 7.66. The summed E-state index contributed by atoms with van der Waals surface area (Å²) in [7, 11) is 0. The Bertz CT molecular complexity index is 284. The molecule has 0 nitrogen and oxygen atoms in total. The minimum absolute atomic E-state index is 0.849. The van der Waals surface area contributed by atoms with Gasteiger partial charge < -0.3 is 0 Å². The average molecular weight is 218 g/mol. The Morgan fingerprint density at radius 1 is 1.38 bits per heavy atom. The van der Waals surface area contributed by atoms with E-state index < -0.39 is 0 Å². The average Bonchev–Trinajstić information content (AvgIpc) is 2.65. The van der Waals surface area contributed by atoms with Crippen molar-refractivity contribution in [2.24, 2.45) is 17.8 Å². The van der Waals surface area contributed by atoms with E-state index in [9.17, 15) is 0 Å². The quantitative estimate of drug-likeness (QED) is 0.577. The van der Waals surface area contributed by atoms with Crippen LogP contribution in [0.15, 0.2) is 23.8 Å². The van der Waals surface area contributed by atoms with Gasteiger partial charge in [0.2, 0.25) is 0 Å². The van der Waals surface area contributed by atoms with Gasteiger partial charge in [-0.05, 0) is 69.6 Å². The molecule has 2 aliphatic rings. The maximum Gasteiger partial charge on any atom is -0.0203 e. The summed E-state index contributed by atoms with van der Waals surface area (Å²) in [6, 6.07) is 0. The summed E-state index contributed by atoms with van der Waals surface area (Å²) >= 11 is 0. The normalized spacial score (nSPS) is 32.6. The first kappa shape index (κ1) is 12.0. The lowest BCUT2D eigenvalue weighted by Gasteiger charge is -2.28. The fourth-order valence-corrected chi connectivity index (χ4v) is 3.41. The number of rotatable bonds is 3. The van der Waals surface area contributed by atoms with E-state index in [1.807, 2.05) is 0 Å². The van der Waals surface area contributed by atoms with Crippen LogP contribution in [0, 0.1) is 17.8 Å². The molecule has 0 heteroatoms. The van der Waals surface area contributed by atoms with E-state index in [1.165, 1.54) is 50.5 Å². The fraction of sp³-hybridized carbons (Fsp3) is 0.750. The van der Waals surface area contributed by atoms with Gasteiger partial charge >= 0.3 is 0 Å². The Labute approximate surface area is 101 Å². The summed E-state index contributed by atoms with van der Waals surface area (Å²) < 4.78 is 0. The molecule has 0 saturated heterocycles. The maximum atomic E-state index is 4.23. The van der Waals surface area contributed by atoms with Crippen molar-refractivity contribution in [1.82, 2.24) is 0 Å². The van der Waals surface area contributed by atoms with E-state index in [4.69, 9.17) is 0 Å². The molecule has 0 heterocycles. The highest BCUT2D eigenvalue weighted by Crippen LogP contribution is 2.39. The van der Waals surface area contributed by atoms with Crippen LogP contribution in [0.3, 0.4) is 0 Å². The lowest BCUT2D eigenvalue weighted by atomic mass is 9.77. The second kappa shape index (κ2) is 5.21. The Morgan fingerprint density at radius 2 is 2.19 bits per heavy atom. The van der Waals surface area contributed by atoms with E-state index >= 15 is 0 Å². The zero-order chi connectivity index (χ0) is 11.5. The van der Waals surface area contributed by atoms with Crippen molar-refractivity contribution in [2.45, 2.75) is 58.8 Å². The van der Waals surface area contributed by atoms with E-state index in [0.717, 1.165) is 17.8 Å². The molecule has 16 heavy (non-hydrogen) atoms. The second-order valence-electron chi connectivity index (χ2n) is 6.05. The lowest BCUT2D eigenvalue weighted by Crippen LogP contribution is -2.17. The Morgan fingerprint density at radius 3 is 2.75 bits per heavy atom. The summed E-state index contributed by atoms with van der Waals surface area (Å²) in [4.78, 5) is 0. The monoisotopic (exact) mass is 218 g/mol. The topological polar surface area (TPSA) is 0 Å². The van der Waals surface area contributed by atoms with Crippen molar-refractivity contribution < 1.29 is 0 Å². The summed E-state index contributed by atoms with van der Waals surface area (Å²) in [5, 5.41) is 0. The van der Waals surface area contributed by atoms with Crippen molar-refractivity contribution in [2.75, 3.05) is 0 Å². The molecule has 0 aromatic heterocycles. The van der Waals surface area contributed by atoms with E-state index in [1.54, 1.807) is 5.57 Å². The van der Waals surface area contributed by atoms with Crippen LogP contribution in [0.4, 0.5) is 0 Å². The fourth-order valence-electron chi connectivity index (χ4n) is 3.41. The minimum atomic E-state index is 0.849. The zero-order valence-corrected chi connectivity index (χ0v) is 11.0. The SMILES string of the molecule is C=C1CCCC1CC(C)C1CC=C(C)CC1. The van der Waals surface area contributed by atoms with Gasteiger partial charge in [-0.1, -0.05) is 30.7 Å². The molecule has 90 valence electrons. The molecule has 0 N–H and O–H groups in total. The third-order valence-corrected chi connectivity index (χ3v) is 4.77. The van der Waals surface area contributed by atoms with Gasteiger partial charge in [0.15, 0.2) is 0 Å². The molecule has 0 aromatic carbocycles. The van der Waals surface area contributed by atoms with Crippen LogP contribution in [-0.2, 0) is 0 Å². The first-order valence-corrected chi connectivity index (χ1v) is 7.00. The summed E-state index contributed by atoms with van der Waals surface area (Å²) in [6.45, 7) is 8.97. The predicted molar refractivity (Wildman–Crippen MR) is 71.4 cm³/mol. The third kappa shape index (κ3) is 2.78. The largest absolute Gasteiger partial charge is 0.0996 e. The molecule has 1 fully saturated rings. The van der Waals surface area contributed by atoms with Gasteiger partial charge in [-0.15, -0.1) is 0 Å². The summed E-state index contributed by atoms with van der Waals surface area (Å²) in [6.07, 6.45) is 12.0. The highest BCUT2D eigenvalue weighted by atomic mass is 14.3. The molecule has 0 aromatic rings. The summed E-state index contributed by atoms with van der Waals surface area (Å²) in [5.74, 6) is 2.68. The van der Waals surface area contributed by atoms with Crippen LogP contribution in [0.25, 0.3) is 0 Å². The molecule has 1 saturated carbocycles. The van der Waals surface area contributed by atoms with Gasteiger partial charge in [-0.2, -0.15) is 0 Å². The second-order valence-corrected chi connectivity index (χ2v) is 6.05. The standard InChI is InChI=1S/C16H26/c1-12-7-9-15(10-8-12)14(3)11-16-6-4-5-13(16)2/h7,14-16H,2,4-6,8-11H2,1,3H3. The predicted octanol–water partition coefficient (Wildman–Crippen LogP) is 5.12. The van der Waals surface area contributed by atoms with E-state index in [2.05, 4.69) is 26.5 Å². The van der Waals surface area contributed by atoms with Gasteiger partial charge in [-0.3, -0.25) is 0 Å². The molecular weight excluding hydrogens is 192 g/mol. The van der Waals surface area contributed by atoms with Crippen LogP contribution in [0.5, 0.6) is 0 Å². The molecule has 0 radical (unpaired) electrons. The number of hydrogen-bond acceptors (Lipinski definition) is 0. The van der Waals surface area contributed by atoms with Gasteiger partial charge in [-0.25, -0.2) is 0 Å². The van der Waals surface area contributed by atoms with Crippen LogP contribution in [0.1, 0.15) is 58.8 Å². The number of allylic oxidation sites excluding steroid dienone is 3. The highest BCUT2D eigenvalue weighted by molar-refractivity contribution is 5.07. The van der Waals surface area contributed by atoms with Gasteiger partial charge in [0.05, 0.1) is 0 Å². The van der Waals surface area contributed by atoms with Crippen LogP contribution >= 0.6 is 0 Å². The molecule has 0 amide bonds. The van der Waals surface area contributed by atoms with Crippen LogP contribution in [-0.4, -0.2) is 0 Å². The van der Waals surface area contributed by atoms with Gasteiger partial charge in [0.25, 0.3) is 0 Å². The molecule has 3 unspecified atom stereocenters. The molecule has 0 spiro atoms. The minimum Gasteiger partial charge on any atom is -0.0996 e. The Kier molecular flexibility index (Phi) is 3.89. The zero-order valence-electron chi connectivity index (χ0n) is 11.0. The van der Waals surface area contributed by atoms with E-state index in [0.29, 0.717) is 0 Å². The van der Waals surface area contributed by atoms with Crippen molar-refractivity contribution in [3.05, 3.63) is 23.8 Å². The molecule has 0 aliphatic heterocycles. The van der Waals surface area contributed by atoms with Gasteiger partial charge in [0.1, 0.15) is 0 Å². The van der Waals surface area contributed by atoms with Crippen LogP contribution < -0.4 is 0 Å². The molecule has 2 rings (SSSR count). The molecule has 3 atom stereocenters. The van der Waals surface area contributed by atoms with E-state index in [-0.39, 0.29) is 0 Å². The Hall–Kier alpha value is -0.520. The highest BCUT2D eigenvalue weighted by Gasteiger charge is 2.25. The van der Waals surface area contributed by atoms with Crippen molar-refractivity contribution in [1.29, 1.82) is 0 Å². The van der Waals surface area contributed by atoms with Crippen molar-refractivity contribution >= 4 is 0 Å². The Balaban J connectivity index is 1.83. The van der Waals surface area contributed by atoms with Crippen molar-refractivity contribution in [3.63, 3.8) is 0 Å². The molecule has 2 aliphatic carbocycles. The maximum absolute atomic E-state index is 4.23. The van der Waals surface area contributed by atoms with Crippen molar-refractivity contribution in [3.8, 4) is 0 Å². The first-order valence-electron chi connectivity index (χ1n) is 7.00. The van der Waals surface area contributed by atoms with Crippen LogP contribution in [0.2, 0.25) is 0 Å². The molecular formula is C16H26. The number of hydrogen-bond donors (Lipinski definition) is 0. The molecule has 0 bridgehead atoms. The third-order valence-electron chi connectivity index (χ3n) is 4.77. The smallest absolute Gasteiger partial charge is 0.0203 e. The lowest BCUT2D eigenvalue weighted by molar-refractivity contribution is 0.282.